The molecule has 1 saturated heterocycles. The minimum absolute atomic E-state index is 0.109. The predicted octanol–water partition coefficient (Wildman–Crippen LogP) is 1.78. The molecule has 1 unspecified atom stereocenters. The lowest BCUT2D eigenvalue weighted by Crippen LogP contribution is -2.52. The van der Waals surface area contributed by atoms with Gasteiger partial charge in [-0.05, 0) is 24.5 Å². The van der Waals surface area contributed by atoms with Crippen molar-refractivity contribution in [3.05, 3.63) is 34.9 Å². The SMILES string of the molecule is CC.Cc1cccc2c1C(=O)N(C1CCC(=O)NC1=O)C2. The van der Waals surface area contributed by atoms with Gasteiger partial charge in [0.05, 0.1) is 0 Å². The van der Waals surface area contributed by atoms with Gasteiger partial charge in [0, 0.05) is 18.5 Å². The maximum Gasteiger partial charge on any atom is 0.255 e. The molecule has 2 aliphatic rings. The summed E-state index contributed by atoms with van der Waals surface area (Å²) < 4.78 is 0. The zero-order chi connectivity index (χ0) is 15.6. The lowest BCUT2D eigenvalue weighted by atomic mass is 10.0. The van der Waals surface area contributed by atoms with Gasteiger partial charge in [0.25, 0.3) is 5.91 Å². The number of hydrogen-bond acceptors (Lipinski definition) is 3. The van der Waals surface area contributed by atoms with Gasteiger partial charge >= 0.3 is 0 Å². The van der Waals surface area contributed by atoms with Crippen molar-refractivity contribution in [1.29, 1.82) is 0 Å². The first kappa shape index (κ1) is 15.2. The molecule has 0 bridgehead atoms. The molecule has 2 aliphatic heterocycles. The Morgan fingerprint density at radius 3 is 2.52 bits per heavy atom. The quantitative estimate of drug-likeness (QED) is 0.801. The van der Waals surface area contributed by atoms with E-state index in [1.807, 2.05) is 39.0 Å². The largest absolute Gasteiger partial charge is 0.322 e. The molecular formula is C16H20N2O3. The minimum atomic E-state index is -0.531. The molecule has 0 radical (unpaired) electrons. The third-order valence-corrected chi connectivity index (χ3v) is 3.76. The van der Waals surface area contributed by atoms with Crippen LogP contribution in [0.3, 0.4) is 0 Å². The van der Waals surface area contributed by atoms with Crippen LogP contribution >= 0.6 is 0 Å². The standard InChI is InChI=1S/C14H14N2O3.C2H6/c1-8-3-2-4-9-7-16(14(19)12(8)9)10-5-6-11(17)15-13(10)18;1-2/h2-4,10H,5-7H2,1H3,(H,15,17,18);1-2H3. The van der Waals surface area contributed by atoms with Crippen LogP contribution in [0.15, 0.2) is 18.2 Å². The number of carbonyl (C=O) groups is 3. The first-order valence-electron chi connectivity index (χ1n) is 7.31. The highest BCUT2D eigenvalue weighted by Gasteiger charge is 2.39. The number of fused-ring (bicyclic) bond motifs is 1. The van der Waals surface area contributed by atoms with Gasteiger partial charge in [0.15, 0.2) is 0 Å². The Labute approximate surface area is 124 Å². The van der Waals surface area contributed by atoms with Crippen LogP contribution in [-0.2, 0) is 16.1 Å². The Kier molecular flexibility index (Phi) is 4.40. The average Bonchev–Trinajstić information content (AvgIpc) is 2.80. The maximum absolute atomic E-state index is 12.4. The van der Waals surface area contributed by atoms with Gasteiger partial charge in [-0.15, -0.1) is 0 Å². The highest BCUT2D eigenvalue weighted by atomic mass is 16.2. The molecule has 1 atom stereocenters. The number of carbonyl (C=O) groups excluding carboxylic acids is 3. The first-order valence-corrected chi connectivity index (χ1v) is 7.31. The Morgan fingerprint density at radius 1 is 1.19 bits per heavy atom. The fourth-order valence-electron chi connectivity index (χ4n) is 2.80. The van der Waals surface area contributed by atoms with Crippen LogP contribution in [0.25, 0.3) is 0 Å². The lowest BCUT2D eigenvalue weighted by molar-refractivity contribution is -0.136. The molecule has 5 nitrogen and oxygen atoms in total. The van der Waals surface area contributed by atoms with E-state index in [0.717, 1.165) is 11.1 Å². The molecule has 0 aromatic heterocycles. The number of hydrogen-bond donors (Lipinski definition) is 1. The van der Waals surface area contributed by atoms with Gasteiger partial charge in [0.2, 0.25) is 11.8 Å². The second-order valence-corrected chi connectivity index (χ2v) is 5.01. The molecule has 3 rings (SSSR count). The van der Waals surface area contributed by atoms with Crippen LogP contribution < -0.4 is 5.32 Å². The van der Waals surface area contributed by atoms with E-state index in [0.29, 0.717) is 18.5 Å². The maximum atomic E-state index is 12.4. The van der Waals surface area contributed by atoms with Gasteiger partial charge in [-0.2, -0.15) is 0 Å². The highest BCUT2D eigenvalue weighted by molar-refractivity contribution is 6.05. The first-order chi connectivity index (χ1) is 10.1. The van der Waals surface area contributed by atoms with Gasteiger partial charge in [0.1, 0.15) is 6.04 Å². The fourth-order valence-corrected chi connectivity index (χ4v) is 2.80. The number of aryl methyl sites for hydroxylation is 1. The zero-order valence-corrected chi connectivity index (χ0v) is 12.6. The van der Waals surface area contributed by atoms with Gasteiger partial charge in [-0.1, -0.05) is 32.0 Å². The second-order valence-electron chi connectivity index (χ2n) is 5.01. The van der Waals surface area contributed by atoms with Crippen molar-refractivity contribution in [2.24, 2.45) is 0 Å². The molecule has 2 heterocycles. The topological polar surface area (TPSA) is 66.5 Å². The van der Waals surface area contributed by atoms with Crippen molar-refractivity contribution in [2.75, 3.05) is 0 Å². The van der Waals surface area contributed by atoms with E-state index in [9.17, 15) is 14.4 Å². The van der Waals surface area contributed by atoms with Crippen LogP contribution in [0.4, 0.5) is 0 Å². The molecule has 1 aromatic rings. The zero-order valence-electron chi connectivity index (χ0n) is 12.6. The number of piperidine rings is 1. The normalized spacial score (nSPS) is 20.6. The Balaban J connectivity index is 0.000000774. The molecular weight excluding hydrogens is 268 g/mol. The van der Waals surface area contributed by atoms with Crippen LogP contribution in [0.5, 0.6) is 0 Å². The van der Waals surface area contributed by atoms with E-state index in [4.69, 9.17) is 0 Å². The smallest absolute Gasteiger partial charge is 0.255 e. The van der Waals surface area contributed by atoms with E-state index < -0.39 is 6.04 Å². The summed E-state index contributed by atoms with van der Waals surface area (Å²) in [6.45, 7) is 6.34. The molecule has 1 fully saturated rings. The van der Waals surface area contributed by atoms with E-state index in [-0.39, 0.29) is 24.1 Å². The fraction of sp³-hybridized carbons (Fsp3) is 0.438. The molecule has 5 heteroatoms. The molecule has 1 N–H and O–H groups in total. The molecule has 112 valence electrons. The van der Waals surface area contributed by atoms with Crippen molar-refractivity contribution in [3.8, 4) is 0 Å². The van der Waals surface area contributed by atoms with Crippen molar-refractivity contribution in [2.45, 2.75) is 46.2 Å². The number of benzene rings is 1. The van der Waals surface area contributed by atoms with Gasteiger partial charge in [-0.25, -0.2) is 0 Å². The number of nitrogens with one attached hydrogen (secondary N) is 1. The van der Waals surface area contributed by atoms with E-state index in [2.05, 4.69) is 5.32 Å². The summed E-state index contributed by atoms with van der Waals surface area (Å²) in [6, 6.07) is 5.18. The summed E-state index contributed by atoms with van der Waals surface area (Å²) in [5.74, 6) is -0.737. The third-order valence-electron chi connectivity index (χ3n) is 3.76. The number of rotatable bonds is 1. The monoisotopic (exact) mass is 288 g/mol. The number of amides is 3. The van der Waals surface area contributed by atoms with Gasteiger partial charge in [-0.3, -0.25) is 19.7 Å². The molecule has 0 aliphatic carbocycles. The molecule has 21 heavy (non-hydrogen) atoms. The van der Waals surface area contributed by atoms with E-state index in [1.165, 1.54) is 0 Å². The van der Waals surface area contributed by atoms with Gasteiger partial charge < -0.3 is 4.90 Å². The minimum Gasteiger partial charge on any atom is -0.322 e. The summed E-state index contributed by atoms with van der Waals surface area (Å²) in [6.07, 6.45) is 0.693. The molecule has 0 saturated carbocycles. The van der Waals surface area contributed by atoms with Crippen molar-refractivity contribution >= 4 is 17.7 Å². The van der Waals surface area contributed by atoms with Crippen LogP contribution in [0.2, 0.25) is 0 Å². The summed E-state index contributed by atoms with van der Waals surface area (Å²) in [4.78, 5) is 37.0. The van der Waals surface area contributed by atoms with Crippen molar-refractivity contribution < 1.29 is 14.4 Å². The lowest BCUT2D eigenvalue weighted by Gasteiger charge is -2.29. The van der Waals surface area contributed by atoms with Crippen LogP contribution in [-0.4, -0.2) is 28.7 Å². The Bertz CT molecular complexity index is 595. The summed E-state index contributed by atoms with van der Waals surface area (Å²) in [7, 11) is 0. The number of nitrogens with zero attached hydrogens (tertiary/aromatic N) is 1. The second kappa shape index (κ2) is 6.08. The molecule has 3 amide bonds. The number of imide groups is 1. The predicted molar refractivity (Wildman–Crippen MR) is 78.6 cm³/mol. The highest BCUT2D eigenvalue weighted by Crippen LogP contribution is 2.29. The summed E-state index contributed by atoms with van der Waals surface area (Å²) in [5, 5.41) is 2.30. The molecule has 0 spiro atoms. The van der Waals surface area contributed by atoms with Crippen LogP contribution in [0, 0.1) is 6.92 Å². The van der Waals surface area contributed by atoms with E-state index in [1.54, 1.807) is 4.90 Å². The Hall–Kier alpha value is -2.17. The average molecular weight is 288 g/mol. The van der Waals surface area contributed by atoms with Crippen LogP contribution in [0.1, 0.15) is 48.2 Å². The van der Waals surface area contributed by atoms with Crippen molar-refractivity contribution in [3.63, 3.8) is 0 Å². The van der Waals surface area contributed by atoms with Crippen molar-refractivity contribution in [1.82, 2.24) is 10.2 Å². The van der Waals surface area contributed by atoms with E-state index >= 15 is 0 Å². The third kappa shape index (κ3) is 2.68. The Morgan fingerprint density at radius 2 is 1.90 bits per heavy atom. The summed E-state index contributed by atoms with van der Waals surface area (Å²) >= 11 is 0. The summed E-state index contributed by atoms with van der Waals surface area (Å²) in [5.41, 5.74) is 2.58. The molecule has 1 aromatic carbocycles.